The third kappa shape index (κ3) is 3.88. The van der Waals surface area contributed by atoms with Crippen molar-refractivity contribution >= 4 is 17.8 Å². The van der Waals surface area contributed by atoms with Crippen molar-refractivity contribution < 1.29 is 24.6 Å². The van der Waals surface area contributed by atoms with E-state index >= 15 is 0 Å². The van der Waals surface area contributed by atoms with Gasteiger partial charge in [0.15, 0.2) is 0 Å². The highest BCUT2D eigenvalue weighted by Gasteiger charge is 2.26. The molecule has 1 atom stereocenters. The number of carboxylic acid groups (broad SMARTS) is 2. The summed E-state index contributed by atoms with van der Waals surface area (Å²) >= 11 is 0. The zero-order chi connectivity index (χ0) is 12.1. The van der Waals surface area contributed by atoms with Gasteiger partial charge in [0.05, 0.1) is 6.42 Å². The molecule has 1 saturated carbocycles. The minimum atomic E-state index is -1.33. The molecule has 1 fully saturated rings. The number of nitrogens with one attached hydrogen (secondary N) is 1. The summed E-state index contributed by atoms with van der Waals surface area (Å²) in [6.07, 6.45) is 2.79. The Kier molecular flexibility index (Phi) is 4.28. The molecular formula is C10H15NO5. The van der Waals surface area contributed by atoms with E-state index in [1.807, 2.05) is 0 Å². The van der Waals surface area contributed by atoms with Gasteiger partial charge >= 0.3 is 11.9 Å². The first kappa shape index (κ1) is 12.5. The third-order valence-electron chi connectivity index (χ3n) is 2.71. The summed E-state index contributed by atoms with van der Waals surface area (Å²) in [5.41, 5.74) is 0. The van der Waals surface area contributed by atoms with Crippen LogP contribution in [0, 0.1) is 5.92 Å². The predicted octanol–water partition coefficient (Wildman–Crippen LogP) is 0.221. The Labute approximate surface area is 92.6 Å². The van der Waals surface area contributed by atoms with Crippen molar-refractivity contribution in [2.24, 2.45) is 5.92 Å². The summed E-state index contributed by atoms with van der Waals surface area (Å²) in [5, 5.41) is 19.4. The van der Waals surface area contributed by atoms with E-state index in [9.17, 15) is 14.4 Å². The maximum Gasteiger partial charge on any atom is 0.326 e. The van der Waals surface area contributed by atoms with E-state index in [4.69, 9.17) is 10.2 Å². The van der Waals surface area contributed by atoms with E-state index in [1.165, 1.54) is 0 Å². The largest absolute Gasteiger partial charge is 0.481 e. The molecule has 90 valence electrons. The van der Waals surface area contributed by atoms with Crippen LogP contribution in [0.15, 0.2) is 0 Å². The molecule has 1 amide bonds. The molecule has 6 heteroatoms. The number of carboxylic acids is 2. The lowest BCUT2D eigenvalue weighted by Gasteiger charge is -2.25. The molecule has 6 nitrogen and oxygen atoms in total. The van der Waals surface area contributed by atoms with Gasteiger partial charge in [0, 0.05) is 6.42 Å². The average molecular weight is 229 g/mol. The summed E-state index contributed by atoms with van der Waals surface area (Å²) < 4.78 is 0. The fourth-order valence-corrected chi connectivity index (χ4v) is 1.59. The van der Waals surface area contributed by atoms with Crippen molar-refractivity contribution in [1.82, 2.24) is 5.32 Å². The van der Waals surface area contributed by atoms with Gasteiger partial charge in [-0.15, -0.1) is 0 Å². The van der Waals surface area contributed by atoms with Crippen LogP contribution in [-0.4, -0.2) is 34.1 Å². The monoisotopic (exact) mass is 229 g/mol. The smallest absolute Gasteiger partial charge is 0.326 e. The SMILES string of the molecule is O=C(O)CC(NC(=O)CC1CCC1)C(=O)O. The molecule has 0 aromatic heterocycles. The second-order valence-corrected chi connectivity index (χ2v) is 4.06. The Morgan fingerprint density at radius 2 is 1.88 bits per heavy atom. The zero-order valence-electron chi connectivity index (χ0n) is 8.81. The predicted molar refractivity (Wildman–Crippen MR) is 53.8 cm³/mol. The second kappa shape index (κ2) is 5.48. The molecule has 3 N–H and O–H groups in total. The molecule has 0 heterocycles. The Bertz CT molecular complexity index is 298. The van der Waals surface area contributed by atoms with Gasteiger partial charge in [0.1, 0.15) is 6.04 Å². The molecular weight excluding hydrogens is 214 g/mol. The highest BCUT2D eigenvalue weighted by molar-refractivity contribution is 5.86. The summed E-state index contributed by atoms with van der Waals surface area (Å²) in [4.78, 5) is 32.4. The molecule has 0 aromatic rings. The molecule has 1 aliphatic rings. The van der Waals surface area contributed by atoms with Gasteiger partial charge in [-0.3, -0.25) is 9.59 Å². The Morgan fingerprint density at radius 1 is 1.25 bits per heavy atom. The summed E-state index contributed by atoms with van der Waals surface area (Å²) in [5.74, 6) is -2.60. The van der Waals surface area contributed by atoms with E-state index in [0.717, 1.165) is 19.3 Å². The summed E-state index contributed by atoms with van der Waals surface area (Å²) in [7, 11) is 0. The molecule has 0 radical (unpaired) electrons. The molecule has 0 spiro atoms. The molecule has 16 heavy (non-hydrogen) atoms. The lowest BCUT2D eigenvalue weighted by molar-refractivity contribution is -0.147. The fraction of sp³-hybridized carbons (Fsp3) is 0.700. The number of amides is 1. The van der Waals surface area contributed by atoms with E-state index in [0.29, 0.717) is 12.3 Å². The molecule has 1 unspecified atom stereocenters. The molecule has 0 aliphatic heterocycles. The summed E-state index contributed by atoms with van der Waals surface area (Å²) in [6.45, 7) is 0. The average Bonchev–Trinajstić information content (AvgIpc) is 2.09. The van der Waals surface area contributed by atoms with Gasteiger partial charge in [-0.1, -0.05) is 6.42 Å². The minimum Gasteiger partial charge on any atom is -0.481 e. The van der Waals surface area contributed by atoms with Crippen molar-refractivity contribution in [2.75, 3.05) is 0 Å². The van der Waals surface area contributed by atoms with Gasteiger partial charge in [0.25, 0.3) is 0 Å². The number of hydrogen-bond donors (Lipinski definition) is 3. The highest BCUT2D eigenvalue weighted by atomic mass is 16.4. The maximum absolute atomic E-state index is 11.4. The number of rotatable bonds is 6. The first-order chi connectivity index (χ1) is 7.49. The van der Waals surface area contributed by atoms with Gasteiger partial charge in [-0.2, -0.15) is 0 Å². The van der Waals surface area contributed by atoms with Crippen LogP contribution in [-0.2, 0) is 14.4 Å². The molecule has 1 aliphatic carbocycles. The van der Waals surface area contributed by atoms with Crippen LogP contribution in [0.3, 0.4) is 0 Å². The Balaban J connectivity index is 2.37. The van der Waals surface area contributed by atoms with Crippen molar-refractivity contribution in [1.29, 1.82) is 0 Å². The van der Waals surface area contributed by atoms with Gasteiger partial charge in [-0.05, 0) is 18.8 Å². The van der Waals surface area contributed by atoms with Crippen LogP contribution < -0.4 is 5.32 Å². The van der Waals surface area contributed by atoms with Crippen molar-refractivity contribution in [3.05, 3.63) is 0 Å². The topological polar surface area (TPSA) is 104 Å². The van der Waals surface area contributed by atoms with E-state index in [2.05, 4.69) is 5.32 Å². The summed E-state index contributed by atoms with van der Waals surface area (Å²) in [6, 6.07) is -1.33. The third-order valence-corrected chi connectivity index (χ3v) is 2.71. The van der Waals surface area contributed by atoms with Gasteiger partial charge in [-0.25, -0.2) is 4.79 Å². The quantitative estimate of drug-likeness (QED) is 0.604. The van der Waals surface area contributed by atoms with Crippen LogP contribution in [0.1, 0.15) is 32.1 Å². The number of hydrogen-bond acceptors (Lipinski definition) is 3. The minimum absolute atomic E-state index is 0.295. The van der Waals surface area contributed by atoms with E-state index in [-0.39, 0.29) is 5.91 Å². The Morgan fingerprint density at radius 3 is 2.25 bits per heavy atom. The van der Waals surface area contributed by atoms with Crippen LogP contribution in [0.5, 0.6) is 0 Å². The second-order valence-electron chi connectivity index (χ2n) is 4.06. The van der Waals surface area contributed by atoms with Crippen molar-refractivity contribution in [3.8, 4) is 0 Å². The van der Waals surface area contributed by atoms with Crippen LogP contribution in [0.4, 0.5) is 0 Å². The normalized spacial score (nSPS) is 17.2. The molecule has 1 rings (SSSR count). The van der Waals surface area contributed by atoms with Crippen molar-refractivity contribution in [2.45, 2.75) is 38.1 Å². The van der Waals surface area contributed by atoms with Crippen LogP contribution >= 0.6 is 0 Å². The van der Waals surface area contributed by atoms with E-state index in [1.54, 1.807) is 0 Å². The van der Waals surface area contributed by atoms with E-state index < -0.39 is 24.4 Å². The number of aliphatic carboxylic acids is 2. The van der Waals surface area contributed by atoms with Crippen LogP contribution in [0.25, 0.3) is 0 Å². The van der Waals surface area contributed by atoms with Gasteiger partial charge in [0.2, 0.25) is 5.91 Å². The Hall–Kier alpha value is -1.59. The first-order valence-electron chi connectivity index (χ1n) is 5.23. The first-order valence-corrected chi connectivity index (χ1v) is 5.23. The fourth-order valence-electron chi connectivity index (χ4n) is 1.59. The lowest BCUT2D eigenvalue weighted by atomic mass is 9.83. The molecule has 0 saturated heterocycles. The number of carbonyl (C=O) groups is 3. The zero-order valence-corrected chi connectivity index (χ0v) is 8.81. The number of carbonyl (C=O) groups excluding carboxylic acids is 1. The maximum atomic E-state index is 11.4. The van der Waals surface area contributed by atoms with Crippen LogP contribution in [0.2, 0.25) is 0 Å². The standard InChI is InChI=1S/C10H15NO5/c12-8(4-6-2-1-3-6)11-7(10(15)16)5-9(13)14/h6-7H,1-5H2,(H,11,12)(H,13,14)(H,15,16). The van der Waals surface area contributed by atoms with Gasteiger partial charge < -0.3 is 15.5 Å². The molecule has 0 aromatic carbocycles. The van der Waals surface area contributed by atoms with Crippen molar-refractivity contribution in [3.63, 3.8) is 0 Å². The highest BCUT2D eigenvalue weighted by Crippen LogP contribution is 2.29. The molecule has 0 bridgehead atoms. The lowest BCUT2D eigenvalue weighted by Crippen LogP contribution is -2.43.